The SMILES string of the molecule is C=Cc1ccn(C2CCC(=O)NC2=O)c(=O)c1C=C. The number of aromatic nitrogens is 1. The molecule has 0 aromatic carbocycles. The van der Waals surface area contributed by atoms with E-state index in [0.717, 1.165) is 0 Å². The van der Waals surface area contributed by atoms with Crippen molar-refractivity contribution in [3.63, 3.8) is 0 Å². The van der Waals surface area contributed by atoms with E-state index in [1.54, 1.807) is 18.3 Å². The van der Waals surface area contributed by atoms with E-state index >= 15 is 0 Å². The second-order valence-corrected chi connectivity index (χ2v) is 4.27. The van der Waals surface area contributed by atoms with Crippen LogP contribution in [0.4, 0.5) is 0 Å². The summed E-state index contributed by atoms with van der Waals surface area (Å²) in [6, 6.07) is 1.05. The Labute approximate surface area is 110 Å². The van der Waals surface area contributed by atoms with Gasteiger partial charge < -0.3 is 4.57 Å². The molecule has 2 amide bonds. The van der Waals surface area contributed by atoms with Gasteiger partial charge >= 0.3 is 0 Å². The molecule has 0 aliphatic carbocycles. The highest BCUT2D eigenvalue weighted by molar-refractivity contribution is 5.99. The van der Waals surface area contributed by atoms with E-state index < -0.39 is 11.9 Å². The maximum atomic E-state index is 12.3. The zero-order chi connectivity index (χ0) is 14.0. The van der Waals surface area contributed by atoms with Crippen molar-refractivity contribution in [2.24, 2.45) is 0 Å². The van der Waals surface area contributed by atoms with Gasteiger partial charge in [-0.15, -0.1) is 0 Å². The molecular formula is C14H14N2O3. The molecule has 0 saturated carbocycles. The number of imide groups is 1. The van der Waals surface area contributed by atoms with Gasteiger partial charge in [-0.3, -0.25) is 19.7 Å². The van der Waals surface area contributed by atoms with E-state index in [0.29, 0.717) is 17.5 Å². The molecule has 1 fully saturated rings. The first-order valence-electron chi connectivity index (χ1n) is 5.92. The molecule has 1 unspecified atom stereocenters. The Balaban J connectivity index is 2.49. The molecule has 98 valence electrons. The predicted octanol–water partition coefficient (Wildman–Crippen LogP) is 1.11. The lowest BCUT2D eigenvalue weighted by atomic mass is 10.0. The Morgan fingerprint density at radius 2 is 2.00 bits per heavy atom. The third kappa shape index (κ3) is 2.27. The number of carbonyl (C=O) groups excluding carboxylic acids is 2. The van der Waals surface area contributed by atoms with Crippen molar-refractivity contribution in [1.82, 2.24) is 9.88 Å². The van der Waals surface area contributed by atoms with E-state index in [1.807, 2.05) is 0 Å². The van der Waals surface area contributed by atoms with E-state index in [2.05, 4.69) is 18.5 Å². The summed E-state index contributed by atoms with van der Waals surface area (Å²) in [4.78, 5) is 35.2. The number of nitrogens with zero attached hydrogens (tertiary/aromatic N) is 1. The van der Waals surface area contributed by atoms with Crippen LogP contribution in [0.5, 0.6) is 0 Å². The summed E-state index contributed by atoms with van der Waals surface area (Å²) in [5.74, 6) is -0.749. The lowest BCUT2D eigenvalue weighted by Crippen LogP contribution is -2.44. The smallest absolute Gasteiger partial charge is 0.259 e. The van der Waals surface area contributed by atoms with Gasteiger partial charge in [0.1, 0.15) is 6.04 Å². The molecule has 2 heterocycles. The molecule has 1 aromatic rings. The van der Waals surface area contributed by atoms with Crippen molar-refractivity contribution < 1.29 is 9.59 Å². The summed E-state index contributed by atoms with van der Waals surface area (Å²) < 4.78 is 1.34. The van der Waals surface area contributed by atoms with Gasteiger partial charge in [-0.25, -0.2) is 0 Å². The molecule has 1 aromatic heterocycles. The Kier molecular flexibility index (Phi) is 3.46. The van der Waals surface area contributed by atoms with Crippen LogP contribution < -0.4 is 10.9 Å². The molecule has 1 aliphatic heterocycles. The molecule has 0 radical (unpaired) electrons. The molecule has 2 rings (SSSR count). The average Bonchev–Trinajstić information content (AvgIpc) is 2.39. The Morgan fingerprint density at radius 1 is 1.26 bits per heavy atom. The summed E-state index contributed by atoms with van der Waals surface area (Å²) in [7, 11) is 0. The van der Waals surface area contributed by atoms with Gasteiger partial charge in [0, 0.05) is 18.2 Å². The Bertz CT molecular complexity index is 628. The zero-order valence-corrected chi connectivity index (χ0v) is 10.4. The minimum atomic E-state index is -0.650. The molecule has 1 atom stereocenters. The van der Waals surface area contributed by atoms with Gasteiger partial charge in [0.2, 0.25) is 11.8 Å². The number of pyridine rings is 1. The molecule has 5 heteroatoms. The monoisotopic (exact) mass is 258 g/mol. The van der Waals surface area contributed by atoms with Crippen LogP contribution in [-0.2, 0) is 9.59 Å². The lowest BCUT2D eigenvalue weighted by molar-refractivity contribution is -0.135. The van der Waals surface area contributed by atoms with Crippen molar-refractivity contribution in [3.8, 4) is 0 Å². The Hall–Kier alpha value is -2.43. The van der Waals surface area contributed by atoms with Crippen molar-refractivity contribution in [3.05, 3.63) is 46.9 Å². The van der Waals surface area contributed by atoms with Gasteiger partial charge in [0.05, 0.1) is 0 Å². The lowest BCUT2D eigenvalue weighted by Gasteiger charge is -2.23. The third-order valence-electron chi connectivity index (χ3n) is 3.16. The van der Waals surface area contributed by atoms with Gasteiger partial charge in [-0.1, -0.05) is 25.3 Å². The molecule has 0 bridgehead atoms. The van der Waals surface area contributed by atoms with Crippen LogP contribution in [0.3, 0.4) is 0 Å². The second-order valence-electron chi connectivity index (χ2n) is 4.27. The van der Waals surface area contributed by atoms with Crippen LogP contribution in [0.15, 0.2) is 30.2 Å². The molecule has 19 heavy (non-hydrogen) atoms. The van der Waals surface area contributed by atoms with E-state index in [-0.39, 0.29) is 17.9 Å². The fourth-order valence-electron chi connectivity index (χ4n) is 2.16. The molecule has 0 spiro atoms. The van der Waals surface area contributed by atoms with Crippen LogP contribution in [0, 0.1) is 0 Å². The maximum Gasteiger partial charge on any atom is 0.259 e. The summed E-state index contributed by atoms with van der Waals surface area (Å²) >= 11 is 0. The first-order chi connectivity index (χ1) is 9.08. The van der Waals surface area contributed by atoms with Gasteiger partial charge in [0.25, 0.3) is 5.56 Å². The minimum absolute atomic E-state index is 0.232. The summed E-state index contributed by atoms with van der Waals surface area (Å²) in [5.41, 5.74) is 0.771. The number of hydrogen-bond donors (Lipinski definition) is 1. The summed E-state index contributed by atoms with van der Waals surface area (Å²) in [6.45, 7) is 7.23. The van der Waals surface area contributed by atoms with Crippen molar-refractivity contribution >= 4 is 24.0 Å². The molecule has 5 nitrogen and oxygen atoms in total. The standard InChI is InChI=1S/C14H14N2O3/c1-3-9-7-8-16(14(19)10(9)4-2)11-5-6-12(17)15-13(11)18/h3-4,7-8,11H,1-2,5-6H2,(H,15,17,18). The van der Waals surface area contributed by atoms with Crippen LogP contribution >= 0.6 is 0 Å². The normalized spacial score (nSPS) is 18.8. The average molecular weight is 258 g/mol. The molecule has 1 saturated heterocycles. The first-order valence-corrected chi connectivity index (χ1v) is 5.92. The van der Waals surface area contributed by atoms with Crippen LogP contribution in [-0.4, -0.2) is 16.4 Å². The molecule has 1 aliphatic rings. The number of piperidine rings is 1. The summed E-state index contributed by atoms with van der Waals surface area (Å²) in [5, 5.41) is 2.24. The van der Waals surface area contributed by atoms with Crippen molar-refractivity contribution in [2.75, 3.05) is 0 Å². The number of carbonyl (C=O) groups is 2. The number of hydrogen-bond acceptors (Lipinski definition) is 3. The number of nitrogens with one attached hydrogen (secondary N) is 1. The third-order valence-corrected chi connectivity index (χ3v) is 3.16. The zero-order valence-electron chi connectivity index (χ0n) is 10.4. The molecular weight excluding hydrogens is 244 g/mol. The fraction of sp³-hybridized carbons (Fsp3) is 0.214. The van der Waals surface area contributed by atoms with Gasteiger partial charge in [0.15, 0.2) is 0 Å². The van der Waals surface area contributed by atoms with Crippen LogP contribution in [0.25, 0.3) is 12.2 Å². The summed E-state index contributed by atoms with van der Waals surface area (Å²) in [6.07, 6.45) is 5.12. The quantitative estimate of drug-likeness (QED) is 0.826. The molecule has 1 N–H and O–H groups in total. The van der Waals surface area contributed by atoms with Crippen molar-refractivity contribution in [1.29, 1.82) is 0 Å². The first kappa shape index (κ1) is 13.0. The highest BCUT2D eigenvalue weighted by atomic mass is 16.2. The van der Waals surface area contributed by atoms with E-state index in [9.17, 15) is 14.4 Å². The number of amides is 2. The fourth-order valence-corrected chi connectivity index (χ4v) is 2.16. The highest BCUT2D eigenvalue weighted by Crippen LogP contribution is 2.18. The topological polar surface area (TPSA) is 68.2 Å². The maximum absolute atomic E-state index is 12.3. The van der Waals surface area contributed by atoms with Crippen LogP contribution in [0.2, 0.25) is 0 Å². The number of rotatable bonds is 3. The van der Waals surface area contributed by atoms with Gasteiger partial charge in [-0.2, -0.15) is 0 Å². The van der Waals surface area contributed by atoms with Gasteiger partial charge in [-0.05, 0) is 18.1 Å². The predicted molar refractivity (Wildman–Crippen MR) is 72.3 cm³/mol. The largest absolute Gasteiger partial charge is 0.302 e. The Morgan fingerprint density at radius 3 is 2.58 bits per heavy atom. The minimum Gasteiger partial charge on any atom is -0.302 e. The van der Waals surface area contributed by atoms with E-state index in [4.69, 9.17) is 0 Å². The second kappa shape index (κ2) is 5.06. The highest BCUT2D eigenvalue weighted by Gasteiger charge is 2.28. The van der Waals surface area contributed by atoms with Crippen LogP contribution in [0.1, 0.15) is 30.0 Å². The van der Waals surface area contributed by atoms with E-state index in [1.165, 1.54) is 10.6 Å². The van der Waals surface area contributed by atoms with Crippen molar-refractivity contribution in [2.45, 2.75) is 18.9 Å².